The molecule has 3 amide bonds. The molecular formula is C13H13BrF2N2O2. The van der Waals surface area contributed by atoms with Gasteiger partial charge in [-0.2, -0.15) is 0 Å². The van der Waals surface area contributed by atoms with Crippen molar-refractivity contribution in [3.05, 3.63) is 33.8 Å². The van der Waals surface area contributed by atoms with Crippen LogP contribution in [0.5, 0.6) is 0 Å². The van der Waals surface area contributed by atoms with Gasteiger partial charge in [-0.3, -0.25) is 10.1 Å². The Labute approximate surface area is 123 Å². The Bertz CT molecular complexity index is 594. The molecule has 0 aliphatic carbocycles. The van der Waals surface area contributed by atoms with Crippen molar-refractivity contribution in [2.45, 2.75) is 32.4 Å². The number of hydrogen-bond donors (Lipinski definition) is 1. The first-order valence-corrected chi connectivity index (χ1v) is 6.86. The normalized spacial score (nSPS) is 22.4. The highest BCUT2D eigenvalue weighted by molar-refractivity contribution is 9.10. The number of urea groups is 1. The van der Waals surface area contributed by atoms with Crippen molar-refractivity contribution in [1.82, 2.24) is 10.2 Å². The second-order valence-corrected chi connectivity index (χ2v) is 5.65. The van der Waals surface area contributed by atoms with E-state index >= 15 is 0 Å². The van der Waals surface area contributed by atoms with Crippen LogP contribution in [0.2, 0.25) is 0 Å². The van der Waals surface area contributed by atoms with E-state index in [0.29, 0.717) is 6.42 Å². The molecular weight excluding hydrogens is 334 g/mol. The summed E-state index contributed by atoms with van der Waals surface area (Å²) >= 11 is 2.97. The molecule has 7 heteroatoms. The van der Waals surface area contributed by atoms with Crippen LogP contribution in [-0.4, -0.2) is 22.4 Å². The van der Waals surface area contributed by atoms with Crippen molar-refractivity contribution in [2.24, 2.45) is 0 Å². The molecule has 1 N–H and O–H groups in total. The molecule has 0 aromatic heterocycles. The summed E-state index contributed by atoms with van der Waals surface area (Å²) in [5.41, 5.74) is -1.35. The number of rotatable bonds is 3. The molecule has 0 saturated carbocycles. The van der Waals surface area contributed by atoms with E-state index in [4.69, 9.17) is 0 Å². The highest BCUT2D eigenvalue weighted by Crippen LogP contribution is 2.30. The van der Waals surface area contributed by atoms with Crippen LogP contribution in [0.3, 0.4) is 0 Å². The molecule has 108 valence electrons. The topological polar surface area (TPSA) is 49.4 Å². The second-order valence-electron chi connectivity index (χ2n) is 4.79. The molecule has 4 nitrogen and oxygen atoms in total. The van der Waals surface area contributed by atoms with Gasteiger partial charge in [-0.15, -0.1) is 0 Å². The van der Waals surface area contributed by atoms with Gasteiger partial charge in [0, 0.05) is 5.56 Å². The highest BCUT2D eigenvalue weighted by Gasteiger charge is 2.48. The van der Waals surface area contributed by atoms with Crippen LogP contribution < -0.4 is 5.32 Å². The summed E-state index contributed by atoms with van der Waals surface area (Å²) in [5, 5.41) is 2.17. The van der Waals surface area contributed by atoms with Crippen molar-refractivity contribution >= 4 is 27.9 Å². The van der Waals surface area contributed by atoms with Crippen molar-refractivity contribution in [3.63, 3.8) is 0 Å². The Morgan fingerprint density at radius 3 is 2.60 bits per heavy atom. The molecule has 1 aromatic carbocycles. The van der Waals surface area contributed by atoms with Crippen molar-refractivity contribution in [3.8, 4) is 0 Å². The molecule has 0 bridgehead atoms. The SMILES string of the molecule is CCC1(C)C(=O)NC(=O)N1Cc1c(F)ccc(Br)c1F. The maximum Gasteiger partial charge on any atom is 0.325 e. The van der Waals surface area contributed by atoms with Crippen LogP contribution >= 0.6 is 15.9 Å². The van der Waals surface area contributed by atoms with Gasteiger partial charge in [0.05, 0.1) is 11.0 Å². The third kappa shape index (κ3) is 2.19. The number of nitrogens with zero attached hydrogens (tertiary/aromatic N) is 1. The molecule has 2 rings (SSSR count). The zero-order valence-corrected chi connectivity index (χ0v) is 12.6. The van der Waals surface area contributed by atoms with Crippen LogP contribution in [0.4, 0.5) is 13.6 Å². The Hall–Kier alpha value is -1.50. The van der Waals surface area contributed by atoms with E-state index in [-0.39, 0.29) is 16.6 Å². The van der Waals surface area contributed by atoms with Crippen molar-refractivity contribution in [1.29, 1.82) is 0 Å². The van der Waals surface area contributed by atoms with Crippen molar-refractivity contribution < 1.29 is 18.4 Å². The van der Waals surface area contributed by atoms with E-state index in [9.17, 15) is 18.4 Å². The summed E-state index contributed by atoms with van der Waals surface area (Å²) in [7, 11) is 0. The van der Waals surface area contributed by atoms with Gasteiger partial charge >= 0.3 is 6.03 Å². The third-order valence-corrected chi connectivity index (χ3v) is 4.31. The van der Waals surface area contributed by atoms with Crippen LogP contribution in [-0.2, 0) is 11.3 Å². The Balaban J connectivity index is 2.41. The fourth-order valence-electron chi connectivity index (χ4n) is 2.12. The van der Waals surface area contributed by atoms with Gasteiger partial charge in [0.1, 0.15) is 17.2 Å². The molecule has 0 spiro atoms. The lowest BCUT2D eigenvalue weighted by Crippen LogP contribution is -2.46. The summed E-state index contributed by atoms with van der Waals surface area (Å²) in [6.45, 7) is 3.00. The fraction of sp³-hybridized carbons (Fsp3) is 0.385. The summed E-state index contributed by atoms with van der Waals surface area (Å²) in [6, 6.07) is 1.72. The van der Waals surface area contributed by atoms with Gasteiger partial charge in [0.2, 0.25) is 0 Å². The molecule has 20 heavy (non-hydrogen) atoms. The number of halogens is 3. The maximum absolute atomic E-state index is 14.0. The molecule has 1 aromatic rings. The third-order valence-electron chi connectivity index (χ3n) is 3.69. The van der Waals surface area contributed by atoms with Crippen LogP contribution in [0, 0.1) is 11.6 Å². The Morgan fingerprint density at radius 1 is 1.35 bits per heavy atom. The summed E-state index contributed by atoms with van der Waals surface area (Å²) in [4.78, 5) is 24.8. The van der Waals surface area contributed by atoms with Gasteiger partial charge in [-0.25, -0.2) is 13.6 Å². The minimum atomic E-state index is -1.10. The molecule has 1 heterocycles. The van der Waals surface area contributed by atoms with E-state index in [1.807, 2.05) is 0 Å². The number of carbonyl (C=O) groups is 2. The van der Waals surface area contributed by atoms with Crippen LogP contribution in [0.1, 0.15) is 25.8 Å². The first-order valence-electron chi connectivity index (χ1n) is 6.06. The quantitative estimate of drug-likeness (QED) is 0.675. The summed E-state index contributed by atoms with van der Waals surface area (Å²) < 4.78 is 27.8. The average Bonchev–Trinajstić information content (AvgIpc) is 2.62. The largest absolute Gasteiger partial charge is 0.325 e. The summed E-state index contributed by atoms with van der Waals surface area (Å²) in [6.07, 6.45) is 0.349. The minimum absolute atomic E-state index is 0.109. The zero-order chi connectivity index (χ0) is 15.1. The number of amides is 3. The predicted octanol–water partition coefficient (Wildman–Crippen LogP) is 2.95. The van der Waals surface area contributed by atoms with E-state index in [1.54, 1.807) is 13.8 Å². The van der Waals surface area contributed by atoms with E-state index in [1.165, 1.54) is 6.07 Å². The lowest BCUT2D eigenvalue weighted by Gasteiger charge is -2.31. The number of imide groups is 1. The van der Waals surface area contributed by atoms with E-state index in [0.717, 1.165) is 11.0 Å². The second kappa shape index (κ2) is 5.12. The first kappa shape index (κ1) is 14.9. The standard InChI is InChI=1S/C13H13BrF2N2O2/c1-3-13(2)11(19)17-12(20)18(13)6-7-9(15)5-4-8(14)10(7)16/h4-5H,3,6H2,1-2H3,(H,17,19,20). The van der Waals surface area contributed by atoms with E-state index in [2.05, 4.69) is 21.2 Å². The Kier molecular flexibility index (Phi) is 3.82. The zero-order valence-electron chi connectivity index (χ0n) is 11.0. The minimum Gasteiger partial charge on any atom is -0.305 e. The van der Waals surface area contributed by atoms with Gasteiger partial charge < -0.3 is 4.90 Å². The summed E-state index contributed by atoms with van der Waals surface area (Å²) in [5.74, 6) is -1.98. The lowest BCUT2D eigenvalue weighted by atomic mass is 9.96. The van der Waals surface area contributed by atoms with Gasteiger partial charge in [-0.1, -0.05) is 6.92 Å². The lowest BCUT2D eigenvalue weighted by molar-refractivity contribution is -0.126. The van der Waals surface area contributed by atoms with Crippen LogP contribution in [0.25, 0.3) is 0 Å². The smallest absolute Gasteiger partial charge is 0.305 e. The predicted molar refractivity (Wildman–Crippen MR) is 71.8 cm³/mol. The number of benzene rings is 1. The van der Waals surface area contributed by atoms with Gasteiger partial charge in [0.15, 0.2) is 0 Å². The molecule has 1 aliphatic heterocycles. The highest BCUT2D eigenvalue weighted by atomic mass is 79.9. The van der Waals surface area contributed by atoms with Gasteiger partial charge in [-0.05, 0) is 41.4 Å². The molecule has 1 saturated heterocycles. The average molecular weight is 347 g/mol. The first-order chi connectivity index (χ1) is 9.31. The van der Waals surface area contributed by atoms with Gasteiger partial charge in [0.25, 0.3) is 5.91 Å². The van der Waals surface area contributed by atoms with E-state index < -0.39 is 29.1 Å². The molecule has 1 atom stereocenters. The number of hydrogen-bond acceptors (Lipinski definition) is 2. The fourth-order valence-corrected chi connectivity index (χ4v) is 2.49. The maximum atomic E-state index is 14.0. The molecule has 1 fully saturated rings. The Morgan fingerprint density at radius 2 is 2.00 bits per heavy atom. The monoisotopic (exact) mass is 346 g/mol. The van der Waals surface area contributed by atoms with Crippen molar-refractivity contribution in [2.75, 3.05) is 0 Å². The number of carbonyl (C=O) groups excluding carboxylic acids is 2. The molecule has 1 aliphatic rings. The number of nitrogens with one attached hydrogen (secondary N) is 1. The molecule has 1 unspecified atom stereocenters. The van der Waals surface area contributed by atoms with Crippen LogP contribution in [0.15, 0.2) is 16.6 Å². The molecule has 0 radical (unpaired) electrons.